The second-order valence-electron chi connectivity index (χ2n) is 4.63. The second kappa shape index (κ2) is 4.63. The second-order valence-corrected chi connectivity index (χ2v) is 4.97. The lowest BCUT2D eigenvalue weighted by atomic mass is 10.1. The van der Waals surface area contributed by atoms with Crippen LogP contribution in [-0.4, -0.2) is 19.5 Å². The van der Waals surface area contributed by atoms with E-state index in [9.17, 15) is 0 Å². The smallest absolute Gasteiger partial charge is 0.222 e. The molecule has 5 heteroatoms. The Morgan fingerprint density at radius 3 is 2.74 bits per heavy atom. The summed E-state index contributed by atoms with van der Waals surface area (Å²) >= 11 is 5.87. The highest BCUT2D eigenvalue weighted by Crippen LogP contribution is 2.30. The molecule has 19 heavy (non-hydrogen) atoms. The number of rotatable bonds is 2. The van der Waals surface area contributed by atoms with E-state index in [4.69, 9.17) is 11.6 Å². The normalized spacial score (nSPS) is 11.4. The third-order valence-electron chi connectivity index (χ3n) is 3.05. The Kier molecular flexibility index (Phi) is 2.95. The number of halogens is 1. The van der Waals surface area contributed by atoms with Crippen molar-refractivity contribution >= 4 is 22.6 Å². The Bertz CT molecular complexity index is 733. The van der Waals surface area contributed by atoms with Crippen LogP contribution in [0.5, 0.6) is 0 Å². The van der Waals surface area contributed by atoms with Crippen molar-refractivity contribution in [3.8, 4) is 11.3 Å². The van der Waals surface area contributed by atoms with Crippen LogP contribution in [-0.2, 0) is 0 Å². The van der Waals surface area contributed by atoms with Crippen molar-refractivity contribution in [3.63, 3.8) is 0 Å². The molecule has 0 fully saturated rings. The lowest BCUT2D eigenvalue weighted by Crippen LogP contribution is -1.99. The van der Waals surface area contributed by atoms with Crippen molar-refractivity contribution in [1.29, 1.82) is 0 Å². The number of hydrogen-bond acceptors (Lipinski definition) is 3. The summed E-state index contributed by atoms with van der Waals surface area (Å²) in [7, 11) is 0. The first kappa shape index (κ1) is 12.1. The van der Waals surface area contributed by atoms with E-state index in [0.29, 0.717) is 6.04 Å². The van der Waals surface area contributed by atoms with Gasteiger partial charge in [0.05, 0.1) is 5.69 Å². The monoisotopic (exact) mass is 272 g/mol. The maximum Gasteiger partial charge on any atom is 0.222 e. The van der Waals surface area contributed by atoms with Gasteiger partial charge in [-0.25, -0.2) is 15.0 Å². The van der Waals surface area contributed by atoms with Gasteiger partial charge in [0.2, 0.25) is 5.28 Å². The van der Waals surface area contributed by atoms with Crippen LogP contribution in [0.3, 0.4) is 0 Å². The highest BCUT2D eigenvalue weighted by molar-refractivity contribution is 6.28. The van der Waals surface area contributed by atoms with Gasteiger partial charge >= 0.3 is 0 Å². The lowest BCUT2D eigenvalue weighted by molar-refractivity contribution is 0.618. The molecule has 0 aromatic carbocycles. The lowest BCUT2D eigenvalue weighted by Gasteiger charge is -2.07. The molecule has 0 radical (unpaired) electrons. The molecule has 3 aromatic rings. The molecule has 0 saturated heterocycles. The fourth-order valence-corrected chi connectivity index (χ4v) is 2.31. The molecule has 96 valence electrons. The maximum atomic E-state index is 5.87. The zero-order chi connectivity index (χ0) is 13.4. The number of fused-ring (bicyclic) bond motifs is 1. The van der Waals surface area contributed by atoms with Crippen LogP contribution in [0.2, 0.25) is 5.28 Å². The first-order valence-corrected chi connectivity index (χ1v) is 6.49. The molecule has 0 saturated carbocycles. The highest BCUT2D eigenvalue weighted by atomic mass is 35.5. The summed E-state index contributed by atoms with van der Waals surface area (Å²) in [6.07, 6.45) is 5.54. The molecule has 0 amide bonds. The van der Waals surface area contributed by atoms with Crippen LogP contribution < -0.4 is 0 Å². The third-order valence-corrected chi connectivity index (χ3v) is 3.23. The Morgan fingerprint density at radius 1 is 1.16 bits per heavy atom. The molecule has 0 aliphatic carbocycles. The number of pyridine rings is 1. The van der Waals surface area contributed by atoms with Crippen LogP contribution in [0, 0.1) is 0 Å². The number of nitrogens with zero attached hydrogens (tertiary/aromatic N) is 4. The van der Waals surface area contributed by atoms with Crippen LogP contribution in [0.4, 0.5) is 0 Å². The highest BCUT2D eigenvalue weighted by Gasteiger charge is 2.13. The minimum Gasteiger partial charge on any atom is -0.329 e. The van der Waals surface area contributed by atoms with E-state index in [1.54, 1.807) is 12.4 Å². The molecule has 3 aromatic heterocycles. The summed E-state index contributed by atoms with van der Waals surface area (Å²) in [5.41, 5.74) is 2.81. The molecule has 0 bridgehead atoms. The first-order chi connectivity index (χ1) is 9.16. The van der Waals surface area contributed by atoms with Gasteiger partial charge in [-0.15, -0.1) is 0 Å². The predicted molar refractivity (Wildman–Crippen MR) is 76.2 cm³/mol. The van der Waals surface area contributed by atoms with Gasteiger partial charge in [0, 0.05) is 35.6 Å². The third kappa shape index (κ3) is 2.08. The van der Waals surface area contributed by atoms with E-state index in [1.165, 1.54) is 0 Å². The van der Waals surface area contributed by atoms with Crippen LogP contribution in [0.25, 0.3) is 22.3 Å². The first-order valence-electron chi connectivity index (χ1n) is 6.11. The van der Waals surface area contributed by atoms with E-state index in [0.717, 1.165) is 22.3 Å². The van der Waals surface area contributed by atoms with Gasteiger partial charge in [-0.05, 0) is 43.6 Å². The zero-order valence-electron chi connectivity index (χ0n) is 10.7. The molecule has 3 heterocycles. The minimum absolute atomic E-state index is 0.256. The average Bonchev–Trinajstić information content (AvgIpc) is 2.78. The van der Waals surface area contributed by atoms with Gasteiger partial charge in [-0.1, -0.05) is 0 Å². The van der Waals surface area contributed by atoms with E-state index in [1.807, 2.05) is 18.2 Å². The van der Waals surface area contributed by atoms with Gasteiger partial charge in [0.15, 0.2) is 0 Å². The maximum absolute atomic E-state index is 5.87. The standard InChI is InChI=1S/C14H13ClN4/c1-9(2)19-8-11(10-4-3-6-16-13(10)19)12-5-7-17-14(15)18-12/h3-9H,1-2H3. The SMILES string of the molecule is CC(C)n1cc(-c2ccnc(Cl)n2)c2cccnc21. The summed E-state index contributed by atoms with van der Waals surface area (Å²) in [5, 5.41) is 1.33. The van der Waals surface area contributed by atoms with Gasteiger partial charge < -0.3 is 4.57 Å². The van der Waals surface area contributed by atoms with Crippen molar-refractivity contribution in [2.45, 2.75) is 19.9 Å². The Hall–Kier alpha value is -1.94. The summed E-state index contributed by atoms with van der Waals surface area (Å²) in [5.74, 6) is 0. The molecule has 0 aliphatic rings. The van der Waals surface area contributed by atoms with Crippen molar-refractivity contribution in [1.82, 2.24) is 19.5 Å². The van der Waals surface area contributed by atoms with Crippen LogP contribution in [0.1, 0.15) is 19.9 Å². The quantitative estimate of drug-likeness (QED) is 0.668. The van der Waals surface area contributed by atoms with Crippen LogP contribution in [0.15, 0.2) is 36.8 Å². The van der Waals surface area contributed by atoms with E-state index >= 15 is 0 Å². The molecule has 4 nitrogen and oxygen atoms in total. The van der Waals surface area contributed by atoms with E-state index < -0.39 is 0 Å². The van der Waals surface area contributed by atoms with Crippen LogP contribution >= 0.6 is 11.6 Å². The summed E-state index contributed by atoms with van der Waals surface area (Å²) in [6, 6.07) is 6.17. The fourth-order valence-electron chi connectivity index (χ4n) is 2.17. The van der Waals surface area contributed by atoms with Crippen molar-refractivity contribution < 1.29 is 0 Å². The van der Waals surface area contributed by atoms with Crippen molar-refractivity contribution in [2.24, 2.45) is 0 Å². The van der Waals surface area contributed by atoms with Gasteiger partial charge in [0.25, 0.3) is 0 Å². The van der Waals surface area contributed by atoms with E-state index in [-0.39, 0.29) is 5.28 Å². The summed E-state index contributed by atoms with van der Waals surface area (Å²) < 4.78 is 2.14. The predicted octanol–water partition coefficient (Wildman–Crippen LogP) is 3.73. The minimum atomic E-state index is 0.256. The molecule has 3 rings (SSSR count). The zero-order valence-corrected chi connectivity index (χ0v) is 11.5. The Balaban J connectivity index is 2.30. The molecule has 0 aliphatic heterocycles. The Labute approximate surface area is 116 Å². The molecule has 0 unspecified atom stereocenters. The fraction of sp³-hybridized carbons (Fsp3) is 0.214. The van der Waals surface area contributed by atoms with Crippen molar-refractivity contribution in [2.75, 3.05) is 0 Å². The Morgan fingerprint density at radius 2 is 2.00 bits per heavy atom. The average molecular weight is 273 g/mol. The molecular weight excluding hydrogens is 260 g/mol. The largest absolute Gasteiger partial charge is 0.329 e. The van der Waals surface area contributed by atoms with Gasteiger partial charge in [-0.3, -0.25) is 0 Å². The van der Waals surface area contributed by atoms with E-state index in [2.05, 4.69) is 39.6 Å². The molecular formula is C14H13ClN4. The van der Waals surface area contributed by atoms with Crippen molar-refractivity contribution in [3.05, 3.63) is 42.1 Å². The topological polar surface area (TPSA) is 43.6 Å². The number of aromatic nitrogens is 4. The molecule has 0 spiro atoms. The number of hydrogen-bond donors (Lipinski definition) is 0. The molecule has 0 atom stereocenters. The molecule has 0 N–H and O–H groups in total. The summed E-state index contributed by atoms with van der Waals surface area (Å²) in [4.78, 5) is 12.7. The summed E-state index contributed by atoms with van der Waals surface area (Å²) in [6.45, 7) is 4.26. The van der Waals surface area contributed by atoms with Gasteiger partial charge in [0.1, 0.15) is 5.65 Å². The van der Waals surface area contributed by atoms with Gasteiger partial charge in [-0.2, -0.15) is 0 Å².